The predicted octanol–water partition coefficient (Wildman–Crippen LogP) is 5.58. The third kappa shape index (κ3) is 5.82. The summed E-state index contributed by atoms with van der Waals surface area (Å²) in [6.45, 7) is 2.41. The van der Waals surface area contributed by atoms with Crippen molar-refractivity contribution in [3.05, 3.63) is 52.0 Å². The summed E-state index contributed by atoms with van der Waals surface area (Å²) in [6, 6.07) is 10.1. The van der Waals surface area contributed by atoms with Crippen LogP contribution in [0, 0.1) is 0 Å². The van der Waals surface area contributed by atoms with Crippen LogP contribution in [0.2, 0.25) is 10.0 Å². The molecule has 9 heteroatoms. The topological polar surface area (TPSA) is 77.5 Å². The number of fused-ring (bicyclic) bond motifs is 1. The van der Waals surface area contributed by atoms with Gasteiger partial charge in [-0.1, -0.05) is 34.5 Å². The molecule has 1 N–H and O–H groups in total. The van der Waals surface area contributed by atoms with Gasteiger partial charge in [-0.3, -0.25) is 4.79 Å². The van der Waals surface area contributed by atoms with Crippen molar-refractivity contribution in [3.63, 3.8) is 0 Å². The first-order chi connectivity index (χ1) is 14.0. The molecule has 3 rings (SSSR count). The first-order valence-corrected chi connectivity index (χ1v) is 10.5. The van der Waals surface area contributed by atoms with Crippen molar-refractivity contribution in [2.45, 2.75) is 19.8 Å². The van der Waals surface area contributed by atoms with Crippen LogP contribution < -0.4 is 10.1 Å². The van der Waals surface area contributed by atoms with Crippen molar-refractivity contribution in [2.75, 3.05) is 18.5 Å². The molecule has 3 aromatic rings. The first kappa shape index (κ1) is 21.4. The number of nitrogens with zero attached hydrogens (tertiary/aromatic N) is 1. The standard InChI is InChI=1S/C20H18Cl2N2O4S/c1-2-27-19(26)12-5-7-15-17(10-12)29-20(23-15)24-18(25)4-3-9-28-16-8-6-13(21)11-14(16)22/h5-8,10-11H,2-4,9H2,1H3,(H,23,24,25). The fourth-order valence-corrected chi connectivity index (χ4v) is 3.89. The van der Waals surface area contributed by atoms with Crippen molar-refractivity contribution in [1.29, 1.82) is 0 Å². The fourth-order valence-electron chi connectivity index (χ4n) is 2.51. The van der Waals surface area contributed by atoms with Crippen LogP contribution in [0.3, 0.4) is 0 Å². The van der Waals surface area contributed by atoms with Crippen LogP contribution in [0.25, 0.3) is 10.2 Å². The SMILES string of the molecule is CCOC(=O)c1ccc2nc(NC(=O)CCCOc3ccc(Cl)cc3Cl)sc2c1. The van der Waals surface area contributed by atoms with Gasteiger partial charge < -0.3 is 14.8 Å². The lowest BCUT2D eigenvalue weighted by Gasteiger charge is -2.08. The van der Waals surface area contributed by atoms with Crippen molar-refractivity contribution in [3.8, 4) is 5.75 Å². The number of aromatic nitrogens is 1. The average Bonchev–Trinajstić information content (AvgIpc) is 3.08. The lowest BCUT2D eigenvalue weighted by molar-refractivity contribution is -0.116. The van der Waals surface area contributed by atoms with E-state index in [0.717, 1.165) is 4.70 Å². The Labute approximate surface area is 181 Å². The van der Waals surface area contributed by atoms with E-state index in [2.05, 4.69) is 10.3 Å². The minimum Gasteiger partial charge on any atom is -0.492 e. The zero-order valence-corrected chi connectivity index (χ0v) is 17.9. The summed E-state index contributed by atoms with van der Waals surface area (Å²) in [5.74, 6) is -0.0188. The molecule has 0 aliphatic rings. The van der Waals surface area contributed by atoms with Gasteiger partial charge in [0, 0.05) is 11.4 Å². The van der Waals surface area contributed by atoms with Crippen LogP contribution in [0.4, 0.5) is 5.13 Å². The third-order valence-corrected chi connectivity index (χ3v) is 5.31. The Kier molecular flexibility index (Phi) is 7.30. The fraction of sp³-hybridized carbons (Fsp3) is 0.250. The van der Waals surface area contributed by atoms with Crippen molar-refractivity contribution >= 4 is 61.8 Å². The second-order valence-electron chi connectivity index (χ2n) is 6.00. The van der Waals surface area contributed by atoms with Gasteiger partial charge in [0.1, 0.15) is 5.75 Å². The highest BCUT2D eigenvalue weighted by Crippen LogP contribution is 2.28. The van der Waals surface area contributed by atoms with Gasteiger partial charge in [-0.15, -0.1) is 0 Å². The molecule has 0 saturated carbocycles. The number of hydrogen-bond acceptors (Lipinski definition) is 6. The summed E-state index contributed by atoms with van der Waals surface area (Å²) >= 11 is 13.2. The average molecular weight is 453 g/mol. The summed E-state index contributed by atoms with van der Waals surface area (Å²) in [5.41, 5.74) is 1.16. The van der Waals surface area contributed by atoms with Crippen LogP contribution >= 0.6 is 34.5 Å². The number of hydrogen-bond donors (Lipinski definition) is 1. The zero-order valence-electron chi connectivity index (χ0n) is 15.5. The van der Waals surface area contributed by atoms with Gasteiger partial charge in [0.25, 0.3) is 0 Å². The molecule has 0 saturated heterocycles. The largest absolute Gasteiger partial charge is 0.492 e. The highest BCUT2D eigenvalue weighted by Gasteiger charge is 2.12. The van der Waals surface area contributed by atoms with E-state index in [1.165, 1.54) is 11.3 Å². The van der Waals surface area contributed by atoms with Crippen LogP contribution in [-0.4, -0.2) is 30.1 Å². The maximum Gasteiger partial charge on any atom is 0.338 e. The second kappa shape index (κ2) is 9.91. The smallest absolute Gasteiger partial charge is 0.338 e. The molecule has 0 unspecified atom stereocenters. The minimum absolute atomic E-state index is 0.166. The molecular formula is C20H18Cl2N2O4S. The Morgan fingerprint density at radius 2 is 2.00 bits per heavy atom. The number of thiazole rings is 1. The Bertz CT molecular complexity index is 1040. The van der Waals surface area contributed by atoms with E-state index in [4.69, 9.17) is 32.7 Å². The number of ether oxygens (including phenoxy) is 2. The lowest BCUT2D eigenvalue weighted by Crippen LogP contribution is -2.12. The molecule has 0 radical (unpaired) electrons. The van der Waals surface area contributed by atoms with Crippen molar-refractivity contribution in [1.82, 2.24) is 4.98 Å². The molecule has 1 aromatic heterocycles. The molecule has 0 spiro atoms. The Hall–Kier alpha value is -2.35. The molecule has 6 nitrogen and oxygen atoms in total. The van der Waals surface area contributed by atoms with Crippen LogP contribution in [-0.2, 0) is 9.53 Å². The summed E-state index contributed by atoms with van der Waals surface area (Å²) in [5, 5.41) is 4.22. The maximum absolute atomic E-state index is 12.2. The van der Waals surface area contributed by atoms with Gasteiger partial charge in [0.05, 0.1) is 34.0 Å². The Morgan fingerprint density at radius 1 is 1.17 bits per heavy atom. The van der Waals surface area contributed by atoms with E-state index in [-0.39, 0.29) is 18.3 Å². The molecule has 1 amide bonds. The first-order valence-electron chi connectivity index (χ1n) is 8.91. The van der Waals surface area contributed by atoms with Gasteiger partial charge in [0.15, 0.2) is 5.13 Å². The normalized spacial score (nSPS) is 10.7. The van der Waals surface area contributed by atoms with E-state index in [1.807, 2.05) is 0 Å². The van der Waals surface area contributed by atoms with Gasteiger partial charge in [0.2, 0.25) is 5.91 Å². The number of benzene rings is 2. The molecule has 29 heavy (non-hydrogen) atoms. The number of amides is 1. The molecule has 152 valence electrons. The predicted molar refractivity (Wildman–Crippen MR) is 115 cm³/mol. The summed E-state index contributed by atoms with van der Waals surface area (Å²) in [7, 11) is 0. The van der Waals surface area contributed by atoms with Gasteiger partial charge in [-0.2, -0.15) is 0 Å². The van der Waals surface area contributed by atoms with Crippen molar-refractivity contribution in [2.24, 2.45) is 0 Å². The van der Waals surface area contributed by atoms with Gasteiger partial charge in [-0.25, -0.2) is 9.78 Å². The number of carbonyl (C=O) groups excluding carboxylic acids is 2. The number of esters is 1. The Balaban J connectivity index is 1.51. The van der Waals surface area contributed by atoms with Gasteiger partial charge >= 0.3 is 5.97 Å². The summed E-state index contributed by atoms with van der Waals surface area (Å²) in [6.07, 6.45) is 0.790. The van der Waals surface area contributed by atoms with Crippen LogP contribution in [0.15, 0.2) is 36.4 Å². The molecule has 1 heterocycles. The molecule has 2 aromatic carbocycles. The highest BCUT2D eigenvalue weighted by molar-refractivity contribution is 7.22. The second-order valence-corrected chi connectivity index (χ2v) is 7.87. The quantitative estimate of drug-likeness (QED) is 0.356. The van der Waals surface area contributed by atoms with E-state index >= 15 is 0 Å². The summed E-state index contributed by atoms with van der Waals surface area (Å²) < 4.78 is 11.4. The van der Waals surface area contributed by atoms with E-state index < -0.39 is 0 Å². The van der Waals surface area contributed by atoms with Crippen LogP contribution in [0.1, 0.15) is 30.1 Å². The molecule has 0 aliphatic heterocycles. The van der Waals surface area contributed by atoms with E-state index in [0.29, 0.717) is 51.6 Å². The van der Waals surface area contributed by atoms with E-state index in [9.17, 15) is 9.59 Å². The molecule has 0 fully saturated rings. The third-order valence-electron chi connectivity index (χ3n) is 3.85. The number of halogens is 2. The monoisotopic (exact) mass is 452 g/mol. The van der Waals surface area contributed by atoms with Crippen LogP contribution in [0.5, 0.6) is 5.75 Å². The zero-order chi connectivity index (χ0) is 20.8. The number of anilines is 1. The molecule has 0 atom stereocenters. The number of rotatable bonds is 8. The van der Waals surface area contributed by atoms with Crippen molar-refractivity contribution < 1.29 is 19.1 Å². The number of nitrogens with one attached hydrogen (secondary N) is 1. The number of carbonyl (C=O) groups is 2. The lowest BCUT2D eigenvalue weighted by atomic mass is 10.2. The minimum atomic E-state index is -0.380. The Morgan fingerprint density at radius 3 is 2.76 bits per heavy atom. The van der Waals surface area contributed by atoms with Gasteiger partial charge in [-0.05, 0) is 49.7 Å². The molecule has 0 bridgehead atoms. The maximum atomic E-state index is 12.2. The van der Waals surface area contributed by atoms with E-state index in [1.54, 1.807) is 43.3 Å². The molecule has 0 aliphatic carbocycles. The molecular weight excluding hydrogens is 435 g/mol. The summed E-state index contributed by atoms with van der Waals surface area (Å²) in [4.78, 5) is 28.3. The highest BCUT2D eigenvalue weighted by atomic mass is 35.5.